The summed E-state index contributed by atoms with van der Waals surface area (Å²) < 4.78 is 26.8. The predicted molar refractivity (Wildman–Crippen MR) is 150 cm³/mol. The van der Waals surface area contributed by atoms with Gasteiger partial charge in [-0.1, -0.05) is 49.0 Å². The first kappa shape index (κ1) is 30.0. The number of esters is 3. The second kappa shape index (κ2) is 15.8. The molecule has 0 saturated heterocycles. The number of rotatable bonds is 15. The molecule has 3 rings (SSSR count). The molecule has 8 nitrogen and oxygen atoms in total. The Hall–Kier alpha value is -4.56. The Bertz CT molecular complexity index is 1320. The molecule has 0 amide bonds. The molecule has 0 fully saturated rings. The van der Waals surface area contributed by atoms with Crippen LogP contribution in [0, 0.1) is 0 Å². The molecule has 0 aliphatic rings. The quantitative estimate of drug-likeness (QED) is 0.0952. The highest BCUT2D eigenvalue weighted by molar-refractivity contribution is 6.32. The first-order valence-electron chi connectivity index (χ1n) is 12.4. The van der Waals surface area contributed by atoms with E-state index in [0.29, 0.717) is 47.5 Å². The largest absolute Gasteiger partial charge is 0.493 e. The molecular weight excluding hydrogens is 536 g/mol. The van der Waals surface area contributed by atoms with E-state index in [1.165, 1.54) is 6.07 Å². The molecule has 0 saturated carbocycles. The zero-order chi connectivity index (χ0) is 28.7. The molecule has 0 unspecified atom stereocenters. The second-order valence-electron chi connectivity index (χ2n) is 8.34. The van der Waals surface area contributed by atoms with Crippen molar-refractivity contribution in [3.05, 3.63) is 108 Å². The molecule has 0 radical (unpaired) electrons. The molecule has 3 aromatic carbocycles. The Morgan fingerprint density at radius 1 is 0.725 bits per heavy atom. The fraction of sp³-hybridized carbons (Fsp3) is 0.194. The van der Waals surface area contributed by atoms with Gasteiger partial charge in [0.2, 0.25) is 0 Å². The summed E-state index contributed by atoms with van der Waals surface area (Å²) in [6.45, 7) is 7.65. The topological polar surface area (TPSA) is 97.4 Å². The highest BCUT2D eigenvalue weighted by Crippen LogP contribution is 2.30. The van der Waals surface area contributed by atoms with Crippen molar-refractivity contribution >= 4 is 29.5 Å². The normalized spacial score (nSPS) is 10.2. The summed E-state index contributed by atoms with van der Waals surface area (Å²) in [5.41, 5.74) is 1.80. The number of halogens is 1. The zero-order valence-corrected chi connectivity index (χ0v) is 22.6. The summed E-state index contributed by atoms with van der Waals surface area (Å²) in [4.78, 5) is 34.5. The lowest BCUT2D eigenvalue weighted by Gasteiger charge is -2.11. The SMILES string of the molecule is C=CC(=O)OCCCOc1ccc(COc2ccc(OC(=O)CCc3ccc(OC(=O)C=C)cc3)cc2Cl)cc1. The smallest absolute Gasteiger partial charge is 0.335 e. The van der Waals surface area contributed by atoms with Crippen LogP contribution in [-0.4, -0.2) is 31.1 Å². The van der Waals surface area contributed by atoms with E-state index < -0.39 is 17.9 Å². The molecule has 40 heavy (non-hydrogen) atoms. The van der Waals surface area contributed by atoms with Crippen molar-refractivity contribution in [3.63, 3.8) is 0 Å². The molecule has 0 aliphatic carbocycles. The van der Waals surface area contributed by atoms with Gasteiger partial charge >= 0.3 is 17.9 Å². The molecule has 0 aromatic heterocycles. The van der Waals surface area contributed by atoms with Crippen molar-refractivity contribution < 1.29 is 38.1 Å². The number of benzene rings is 3. The molecule has 0 N–H and O–H groups in total. The minimum absolute atomic E-state index is 0.157. The minimum atomic E-state index is -0.537. The van der Waals surface area contributed by atoms with E-state index in [0.717, 1.165) is 23.3 Å². The molecule has 208 valence electrons. The summed E-state index contributed by atoms with van der Waals surface area (Å²) in [5, 5.41) is 0.312. The van der Waals surface area contributed by atoms with Crippen molar-refractivity contribution in [2.75, 3.05) is 13.2 Å². The average Bonchev–Trinajstić information content (AvgIpc) is 2.96. The van der Waals surface area contributed by atoms with E-state index in [1.807, 2.05) is 24.3 Å². The van der Waals surface area contributed by atoms with Crippen molar-refractivity contribution in [1.82, 2.24) is 0 Å². The molecule has 3 aromatic rings. The third-order valence-electron chi connectivity index (χ3n) is 5.35. The van der Waals surface area contributed by atoms with Gasteiger partial charge in [-0.15, -0.1) is 0 Å². The maximum Gasteiger partial charge on any atom is 0.335 e. The Morgan fingerprint density at radius 2 is 1.38 bits per heavy atom. The van der Waals surface area contributed by atoms with Gasteiger partial charge in [-0.3, -0.25) is 4.79 Å². The van der Waals surface area contributed by atoms with E-state index >= 15 is 0 Å². The number of carbonyl (C=O) groups is 3. The fourth-order valence-electron chi connectivity index (χ4n) is 3.30. The van der Waals surface area contributed by atoms with Gasteiger partial charge in [0, 0.05) is 31.1 Å². The second-order valence-corrected chi connectivity index (χ2v) is 8.75. The average molecular weight is 565 g/mol. The fourth-order valence-corrected chi connectivity index (χ4v) is 3.52. The van der Waals surface area contributed by atoms with Gasteiger partial charge in [-0.2, -0.15) is 0 Å². The molecule has 0 aliphatic heterocycles. The summed E-state index contributed by atoms with van der Waals surface area (Å²) in [6, 6.07) is 19.0. The summed E-state index contributed by atoms with van der Waals surface area (Å²) in [6.07, 6.45) is 3.39. The van der Waals surface area contributed by atoms with E-state index in [1.54, 1.807) is 36.4 Å². The van der Waals surface area contributed by atoms with Crippen LogP contribution < -0.4 is 18.9 Å². The van der Waals surface area contributed by atoms with E-state index in [-0.39, 0.29) is 19.6 Å². The van der Waals surface area contributed by atoms with E-state index in [4.69, 9.17) is 35.3 Å². The van der Waals surface area contributed by atoms with Crippen LogP contribution in [0.3, 0.4) is 0 Å². The third-order valence-corrected chi connectivity index (χ3v) is 5.64. The number of hydrogen-bond acceptors (Lipinski definition) is 8. The molecule has 9 heteroatoms. The van der Waals surface area contributed by atoms with Crippen LogP contribution in [0.2, 0.25) is 5.02 Å². The Balaban J connectivity index is 1.40. The zero-order valence-electron chi connectivity index (χ0n) is 21.8. The number of carbonyl (C=O) groups excluding carboxylic acids is 3. The Labute approximate surface area is 237 Å². The van der Waals surface area contributed by atoms with Gasteiger partial charge in [0.25, 0.3) is 0 Å². The predicted octanol–water partition coefficient (Wildman–Crippen LogP) is 6.05. The van der Waals surface area contributed by atoms with Crippen molar-refractivity contribution in [2.45, 2.75) is 25.9 Å². The lowest BCUT2D eigenvalue weighted by Crippen LogP contribution is -2.09. The van der Waals surface area contributed by atoms with Gasteiger partial charge < -0.3 is 23.7 Å². The highest BCUT2D eigenvalue weighted by Gasteiger charge is 2.10. The standard InChI is InChI=1S/C31H29ClO8/c1-3-29(33)37-19-5-18-36-24-11-8-23(9-12-24)21-38-28-16-15-26(20-27(28)32)40-31(35)17-10-22-6-13-25(14-7-22)39-30(34)4-2/h3-4,6-9,11-16,20H,1-2,5,10,17-19,21H2. The summed E-state index contributed by atoms with van der Waals surface area (Å²) in [7, 11) is 0. The Kier molecular flexibility index (Phi) is 11.8. The van der Waals surface area contributed by atoms with Crippen LogP contribution in [0.15, 0.2) is 92.0 Å². The molecule has 0 atom stereocenters. The maximum atomic E-state index is 12.3. The highest BCUT2D eigenvalue weighted by atomic mass is 35.5. The molecular formula is C31H29ClO8. The van der Waals surface area contributed by atoms with Crippen LogP contribution in [0.1, 0.15) is 24.0 Å². The first-order valence-corrected chi connectivity index (χ1v) is 12.8. The van der Waals surface area contributed by atoms with Crippen molar-refractivity contribution in [2.24, 2.45) is 0 Å². The van der Waals surface area contributed by atoms with E-state index in [2.05, 4.69) is 13.2 Å². The van der Waals surface area contributed by atoms with Crippen LogP contribution in [0.5, 0.6) is 23.0 Å². The van der Waals surface area contributed by atoms with Gasteiger partial charge in [-0.05, 0) is 53.9 Å². The van der Waals surface area contributed by atoms with Crippen LogP contribution in [0.25, 0.3) is 0 Å². The van der Waals surface area contributed by atoms with Gasteiger partial charge in [0.15, 0.2) is 0 Å². The maximum absolute atomic E-state index is 12.3. The van der Waals surface area contributed by atoms with Crippen molar-refractivity contribution in [3.8, 4) is 23.0 Å². The number of aryl methyl sites for hydroxylation is 1. The summed E-state index contributed by atoms with van der Waals surface area (Å²) in [5.74, 6) is 0.456. The minimum Gasteiger partial charge on any atom is -0.493 e. The lowest BCUT2D eigenvalue weighted by atomic mass is 10.1. The molecule has 0 heterocycles. The van der Waals surface area contributed by atoms with Crippen molar-refractivity contribution in [1.29, 1.82) is 0 Å². The van der Waals surface area contributed by atoms with Gasteiger partial charge in [0.05, 0.1) is 18.2 Å². The van der Waals surface area contributed by atoms with Crippen LogP contribution in [-0.2, 0) is 32.1 Å². The van der Waals surface area contributed by atoms with E-state index in [9.17, 15) is 14.4 Å². The van der Waals surface area contributed by atoms with Crippen LogP contribution >= 0.6 is 11.6 Å². The first-order chi connectivity index (χ1) is 19.4. The lowest BCUT2D eigenvalue weighted by molar-refractivity contribution is -0.138. The van der Waals surface area contributed by atoms with Gasteiger partial charge in [-0.25, -0.2) is 9.59 Å². The third kappa shape index (κ3) is 10.3. The number of ether oxygens (including phenoxy) is 5. The molecule has 0 bridgehead atoms. The van der Waals surface area contributed by atoms with Crippen LogP contribution in [0.4, 0.5) is 0 Å². The van der Waals surface area contributed by atoms with Gasteiger partial charge in [0.1, 0.15) is 29.6 Å². The summed E-state index contributed by atoms with van der Waals surface area (Å²) >= 11 is 6.34. The number of hydrogen-bond donors (Lipinski definition) is 0. The Morgan fingerprint density at radius 3 is 2.05 bits per heavy atom. The molecule has 0 spiro atoms. The monoisotopic (exact) mass is 564 g/mol.